The summed E-state index contributed by atoms with van der Waals surface area (Å²) in [4.78, 5) is 23.4. The molecule has 5 nitrogen and oxygen atoms in total. The van der Waals surface area contributed by atoms with Crippen LogP contribution in [-0.4, -0.2) is 25.2 Å². The van der Waals surface area contributed by atoms with E-state index in [0.29, 0.717) is 35.8 Å². The minimum Gasteiger partial charge on any atom is -0.462 e. The molecule has 2 amide bonds. The predicted octanol–water partition coefficient (Wildman–Crippen LogP) is 3.88. The molecule has 2 N–H and O–H groups in total. The van der Waals surface area contributed by atoms with E-state index in [4.69, 9.17) is 16.3 Å². The van der Waals surface area contributed by atoms with Crippen LogP contribution in [0.3, 0.4) is 0 Å². The average Bonchev–Trinajstić information content (AvgIpc) is 2.57. The van der Waals surface area contributed by atoms with Gasteiger partial charge in [-0.05, 0) is 55.3 Å². The molecule has 0 radical (unpaired) electrons. The Morgan fingerprint density at radius 1 is 1.04 bits per heavy atom. The first-order valence-corrected chi connectivity index (χ1v) is 8.02. The molecule has 0 saturated carbocycles. The highest BCUT2D eigenvalue weighted by Crippen LogP contribution is 2.11. The molecule has 24 heavy (non-hydrogen) atoms. The van der Waals surface area contributed by atoms with E-state index >= 15 is 0 Å². The van der Waals surface area contributed by atoms with Gasteiger partial charge in [-0.2, -0.15) is 0 Å². The molecule has 126 valence electrons. The number of rotatable bonds is 6. The van der Waals surface area contributed by atoms with E-state index in [2.05, 4.69) is 10.6 Å². The second-order valence-corrected chi connectivity index (χ2v) is 5.49. The lowest BCUT2D eigenvalue weighted by atomic mass is 10.1. The highest BCUT2D eigenvalue weighted by Gasteiger charge is 2.07. The maximum absolute atomic E-state index is 11.8. The minimum atomic E-state index is -0.378. The summed E-state index contributed by atoms with van der Waals surface area (Å²) in [7, 11) is 0. The lowest BCUT2D eigenvalue weighted by Crippen LogP contribution is -2.30. The first kappa shape index (κ1) is 17.8. The zero-order valence-electron chi connectivity index (χ0n) is 13.3. The van der Waals surface area contributed by atoms with Crippen LogP contribution >= 0.6 is 11.6 Å². The highest BCUT2D eigenvalue weighted by molar-refractivity contribution is 6.30. The minimum absolute atomic E-state index is 0.298. The van der Waals surface area contributed by atoms with Crippen LogP contribution < -0.4 is 10.6 Å². The number of nitrogens with one attached hydrogen (secondary N) is 2. The molecule has 0 bridgehead atoms. The van der Waals surface area contributed by atoms with E-state index < -0.39 is 0 Å². The van der Waals surface area contributed by atoms with Crippen LogP contribution in [0.5, 0.6) is 0 Å². The van der Waals surface area contributed by atoms with Crippen LogP contribution in [0.2, 0.25) is 5.02 Å². The van der Waals surface area contributed by atoms with Crippen molar-refractivity contribution in [1.29, 1.82) is 0 Å². The SMILES string of the molecule is CCOC(=O)c1ccc(NC(=O)NCCc2ccc(Cl)cc2)cc1. The molecule has 2 rings (SSSR count). The molecular weight excluding hydrogens is 328 g/mol. The van der Waals surface area contributed by atoms with Crippen molar-refractivity contribution >= 4 is 29.3 Å². The van der Waals surface area contributed by atoms with E-state index in [1.54, 1.807) is 31.2 Å². The normalized spacial score (nSPS) is 10.1. The number of ether oxygens (including phenoxy) is 1. The number of halogens is 1. The molecule has 0 aromatic heterocycles. The molecule has 0 saturated heterocycles. The smallest absolute Gasteiger partial charge is 0.338 e. The van der Waals surface area contributed by atoms with Gasteiger partial charge in [-0.1, -0.05) is 23.7 Å². The Kier molecular flexibility index (Phi) is 6.63. The number of carbonyl (C=O) groups excluding carboxylic acids is 2. The van der Waals surface area contributed by atoms with E-state index in [0.717, 1.165) is 5.56 Å². The number of esters is 1. The Morgan fingerprint density at radius 2 is 1.71 bits per heavy atom. The fraction of sp³-hybridized carbons (Fsp3) is 0.222. The van der Waals surface area contributed by atoms with Gasteiger partial charge in [0.15, 0.2) is 0 Å². The topological polar surface area (TPSA) is 67.4 Å². The zero-order chi connectivity index (χ0) is 17.4. The second-order valence-electron chi connectivity index (χ2n) is 5.06. The maximum Gasteiger partial charge on any atom is 0.338 e. The van der Waals surface area contributed by atoms with Gasteiger partial charge in [0.1, 0.15) is 0 Å². The van der Waals surface area contributed by atoms with Crippen LogP contribution in [0.15, 0.2) is 48.5 Å². The third kappa shape index (κ3) is 5.59. The summed E-state index contributed by atoms with van der Waals surface area (Å²) < 4.78 is 4.90. The van der Waals surface area contributed by atoms with Crippen molar-refractivity contribution in [1.82, 2.24) is 5.32 Å². The first-order chi connectivity index (χ1) is 11.6. The highest BCUT2D eigenvalue weighted by atomic mass is 35.5. The molecule has 0 spiro atoms. The van der Waals surface area contributed by atoms with Gasteiger partial charge in [-0.25, -0.2) is 9.59 Å². The molecule has 2 aromatic rings. The average molecular weight is 347 g/mol. The van der Waals surface area contributed by atoms with Crippen molar-refractivity contribution in [2.24, 2.45) is 0 Å². The molecule has 0 aliphatic heterocycles. The van der Waals surface area contributed by atoms with Crippen molar-refractivity contribution < 1.29 is 14.3 Å². The Bertz CT molecular complexity index is 684. The summed E-state index contributed by atoms with van der Waals surface area (Å²) in [5.74, 6) is -0.378. The number of anilines is 1. The molecule has 6 heteroatoms. The third-order valence-electron chi connectivity index (χ3n) is 3.27. The summed E-state index contributed by atoms with van der Waals surface area (Å²) >= 11 is 5.83. The van der Waals surface area contributed by atoms with Crippen LogP contribution in [0.1, 0.15) is 22.8 Å². The first-order valence-electron chi connectivity index (χ1n) is 7.65. The molecular formula is C18H19ClN2O3. The molecule has 0 atom stereocenters. The molecule has 0 heterocycles. The standard InChI is InChI=1S/C18H19ClN2O3/c1-2-24-17(22)14-5-9-16(10-6-14)21-18(23)20-12-11-13-3-7-15(19)8-4-13/h3-10H,2,11-12H2,1H3,(H2,20,21,23). The van der Waals surface area contributed by atoms with E-state index in [1.807, 2.05) is 24.3 Å². The zero-order valence-corrected chi connectivity index (χ0v) is 14.1. The van der Waals surface area contributed by atoms with Crippen LogP contribution in [0.4, 0.5) is 10.5 Å². The van der Waals surface area contributed by atoms with Crippen LogP contribution in [0, 0.1) is 0 Å². The number of hydrogen-bond acceptors (Lipinski definition) is 3. The van der Waals surface area contributed by atoms with Gasteiger partial charge < -0.3 is 15.4 Å². The quantitative estimate of drug-likeness (QED) is 0.780. The Balaban J connectivity index is 1.77. The van der Waals surface area contributed by atoms with E-state index in [9.17, 15) is 9.59 Å². The number of amides is 2. The summed E-state index contributed by atoms with van der Waals surface area (Å²) in [6.45, 7) is 2.59. The predicted molar refractivity (Wildman–Crippen MR) is 94.6 cm³/mol. The maximum atomic E-state index is 11.8. The molecule has 0 aliphatic rings. The summed E-state index contributed by atoms with van der Waals surface area (Å²) in [5.41, 5.74) is 2.15. The Morgan fingerprint density at radius 3 is 2.33 bits per heavy atom. The van der Waals surface area contributed by atoms with Crippen molar-refractivity contribution in [2.45, 2.75) is 13.3 Å². The van der Waals surface area contributed by atoms with Crippen molar-refractivity contribution in [2.75, 3.05) is 18.5 Å². The molecule has 0 unspecified atom stereocenters. The molecule has 0 aliphatic carbocycles. The summed E-state index contributed by atoms with van der Waals surface area (Å²) in [5, 5.41) is 6.18. The van der Waals surface area contributed by atoms with Gasteiger partial charge in [0, 0.05) is 17.3 Å². The number of urea groups is 1. The lowest BCUT2D eigenvalue weighted by molar-refractivity contribution is 0.0526. The van der Waals surface area contributed by atoms with Gasteiger partial charge in [0.25, 0.3) is 0 Å². The van der Waals surface area contributed by atoms with Gasteiger partial charge in [-0.15, -0.1) is 0 Å². The largest absolute Gasteiger partial charge is 0.462 e. The number of hydrogen-bond donors (Lipinski definition) is 2. The van der Waals surface area contributed by atoms with Crippen LogP contribution in [-0.2, 0) is 11.2 Å². The summed E-state index contributed by atoms with van der Waals surface area (Å²) in [6, 6.07) is 13.7. The number of carbonyl (C=O) groups is 2. The lowest BCUT2D eigenvalue weighted by Gasteiger charge is -2.08. The fourth-order valence-corrected chi connectivity index (χ4v) is 2.18. The summed E-state index contributed by atoms with van der Waals surface area (Å²) in [6.07, 6.45) is 0.715. The Hall–Kier alpha value is -2.53. The number of benzene rings is 2. The van der Waals surface area contributed by atoms with Gasteiger partial charge in [-0.3, -0.25) is 0 Å². The van der Waals surface area contributed by atoms with Gasteiger partial charge in [0.2, 0.25) is 0 Å². The monoisotopic (exact) mass is 346 g/mol. The van der Waals surface area contributed by atoms with Crippen molar-refractivity contribution in [3.05, 3.63) is 64.7 Å². The van der Waals surface area contributed by atoms with Crippen molar-refractivity contribution in [3.63, 3.8) is 0 Å². The third-order valence-corrected chi connectivity index (χ3v) is 3.52. The van der Waals surface area contributed by atoms with Crippen LogP contribution in [0.25, 0.3) is 0 Å². The molecule has 0 fully saturated rings. The second kappa shape index (κ2) is 8.93. The van der Waals surface area contributed by atoms with Gasteiger partial charge >= 0.3 is 12.0 Å². The van der Waals surface area contributed by atoms with Gasteiger partial charge in [0.05, 0.1) is 12.2 Å². The molecule has 2 aromatic carbocycles. The van der Waals surface area contributed by atoms with E-state index in [-0.39, 0.29) is 12.0 Å². The van der Waals surface area contributed by atoms with Crippen molar-refractivity contribution in [3.8, 4) is 0 Å². The Labute approximate surface area is 146 Å². The fourth-order valence-electron chi connectivity index (χ4n) is 2.05. The van der Waals surface area contributed by atoms with E-state index in [1.165, 1.54) is 0 Å².